The fraction of sp³-hybridized carbons (Fsp3) is 0.625. The summed E-state index contributed by atoms with van der Waals surface area (Å²) in [6, 6.07) is 0. The Hall–Kier alpha value is -2.26. The number of aromatic nitrogens is 4. The lowest BCUT2D eigenvalue weighted by molar-refractivity contribution is -0.152. The molecular formula is C16H22N6O3. The highest BCUT2D eigenvalue weighted by molar-refractivity contribution is 5.83. The van der Waals surface area contributed by atoms with E-state index in [0.29, 0.717) is 39.2 Å². The lowest BCUT2D eigenvalue weighted by Crippen LogP contribution is -2.61. The smallest absolute Gasteiger partial charge is 0.326 e. The van der Waals surface area contributed by atoms with Gasteiger partial charge >= 0.3 is 5.97 Å². The number of aliphatic carboxylic acids is 1. The number of carbonyl (C=O) groups is 1. The van der Waals surface area contributed by atoms with E-state index in [1.807, 2.05) is 9.47 Å². The molecule has 4 heterocycles. The summed E-state index contributed by atoms with van der Waals surface area (Å²) in [5, 5.41) is 9.70. The van der Waals surface area contributed by atoms with Gasteiger partial charge in [-0.2, -0.15) is 0 Å². The molecule has 1 atom stereocenters. The molecule has 2 aliphatic rings. The predicted octanol–water partition coefficient (Wildman–Crippen LogP) is 0.212. The second kappa shape index (κ2) is 6.23. The normalized spacial score (nSPS) is 24.9. The fourth-order valence-corrected chi connectivity index (χ4v) is 3.78. The Morgan fingerprint density at radius 3 is 2.72 bits per heavy atom. The van der Waals surface area contributed by atoms with Crippen LogP contribution in [0.25, 0.3) is 11.2 Å². The van der Waals surface area contributed by atoms with Gasteiger partial charge in [0.2, 0.25) is 0 Å². The maximum absolute atomic E-state index is 11.8. The Labute approximate surface area is 145 Å². The molecule has 0 amide bonds. The summed E-state index contributed by atoms with van der Waals surface area (Å²) in [4.78, 5) is 29.3. The number of anilines is 1. The average molecular weight is 346 g/mol. The van der Waals surface area contributed by atoms with E-state index in [1.165, 1.54) is 0 Å². The highest BCUT2D eigenvalue weighted by Crippen LogP contribution is 2.29. The molecule has 0 saturated carbocycles. The van der Waals surface area contributed by atoms with Crippen molar-refractivity contribution in [2.75, 3.05) is 44.3 Å². The molecule has 2 aliphatic heterocycles. The lowest BCUT2D eigenvalue weighted by Gasteiger charge is -2.42. The monoisotopic (exact) mass is 346 g/mol. The molecule has 0 radical (unpaired) electrons. The number of nitrogens with zero attached hydrogens (tertiary/aromatic N) is 6. The number of ether oxygens (including phenoxy) is 1. The molecule has 0 bridgehead atoms. The van der Waals surface area contributed by atoms with Crippen molar-refractivity contribution in [1.82, 2.24) is 24.4 Å². The van der Waals surface area contributed by atoms with Gasteiger partial charge in [0, 0.05) is 45.8 Å². The number of rotatable bonds is 4. The van der Waals surface area contributed by atoms with Gasteiger partial charge in [0.15, 0.2) is 17.0 Å². The molecule has 0 spiro atoms. The van der Waals surface area contributed by atoms with Gasteiger partial charge in [-0.05, 0) is 6.92 Å². The quantitative estimate of drug-likeness (QED) is 0.839. The molecule has 0 aliphatic carbocycles. The van der Waals surface area contributed by atoms with Crippen LogP contribution in [-0.4, -0.2) is 80.4 Å². The third-order valence-corrected chi connectivity index (χ3v) is 5.31. The van der Waals surface area contributed by atoms with E-state index < -0.39 is 11.5 Å². The van der Waals surface area contributed by atoms with Gasteiger partial charge in [-0.15, -0.1) is 0 Å². The van der Waals surface area contributed by atoms with Gasteiger partial charge in [0.25, 0.3) is 0 Å². The lowest BCUT2D eigenvalue weighted by atomic mass is 9.95. The molecule has 9 heteroatoms. The molecule has 1 N–H and O–H groups in total. The fourth-order valence-electron chi connectivity index (χ4n) is 3.78. The molecule has 2 fully saturated rings. The number of piperazine rings is 1. The number of carboxylic acids is 1. The van der Waals surface area contributed by atoms with Crippen LogP contribution in [0.4, 0.5) is 5.82 Å². The summed E-state index contributed by atoms with van der Waals surface area (Å²) in [7, 11) is 0. The molecule has 4 rings (SSSR count). The molecule has 1 unspecified atom stereocenters. The maximum Gasteiger partial charge on any atom is 0.326 e. The van der Waals surface area contributed by atoms with Crippen molar-refractivity contribution < 1.29 is 14.6 Å². The number of aryl methyl sites for hydroxylation is 1. The van der Waals surface area contributed by atoms with Gasteiger partial charge in [-0.25, -0.2) is 15.0 Å². The third-order valence-electron chi connectivity index (χ3n) is 5.31. The number of hydrogen-bond acceptors (Lipinski definition) is 7. The van der Waals surface area contributed by atoms with Crippen LogP contribution < -0.4 is 4.90 Å². The highest BCUT2D eigenvalue weighted by atomic mass is 16.5. The molecule has 2 aromatic heterocycles. The number of imidazole rings is 1. The van der Waals surface area contributed by atoms with Crippen molar-refractivity contribution in [3.8, 4) is 0 Å². The van der Waals surface area contributed by atoms with Crippen LogP contribution in [0.1, 0.15) is 13.3 Å². The van der Waals surface area contributed by atoms with E-state index in [1.54, 1.807) is 12.7 Å². The average Bonchev–Trinajstić information content (AvgIpc) is 3.29. The zero-order valence-corrected chi connectivity index (χ0v) is 14.3. The van der Waals surface area contributed by atoms with Crippen LogP contribution in [0.5, 0.6) is 0 Å². The Bertz CT molecular complexity index is 777. The summed E-state index contributed by atoms with van der Waals surface area (Å²) in [6.07, 6.45) is 3.90. The summed E-state index contributed by atoms with van der Waals surface area (Å²) in [5.74, 6) is 0.0356. The minimum absolute atomic E-state index is 0.265. The molecule has 2 saturated heterocycles. The zero-order chi connectivity index (χ0) is 17.4. The molecule has 25 heavy (non-hydrogen) atoms. The van der Waals surface area contributed by atoms with E-state index in [4.69, 9.17) is 4.74 Å². The largest absolute Gasteiger partial charge is 0.480 e. The molecule has 2 aromatic rings. The summed E-state index contributed by atoms with van der Waals surface area (Å²) < 4.78 is 7.38. The van der Waals surface area contributed by atoms with E-state index in [2.05, 4.69) is 26.8 Å². The van der Waals surface area contributed by atoms with Crippen molar-refractivity contribution in [3.05, 3.63) is 12.7 Å². The zero-order valence-electron chi connectivity index (χ0n) is 14.3. The first kappa shape index (κ1) is 16.2. The van der Waals surface area contributed by atoms with Crippen molar-refractivity contribution in [2.24, 2.45) is 0 Å². The SMILES string of the molecule is CCn1cnc2c(N3CCN(C4(C(=O)O)CCOC4)CC3)ncnc21. The van der Waals surface area contributed by atoms with E-state index >= 15 is 0 Å². The van der Waals surface area contributed by atoms with Crippen LogP contribution >= 0.6 is 0 Å². The van der Waals surface area contributed by atoms with Gasteiger partial charge in [0.05, 0.1) is 12.9 Å². The minimum Gasteiger partial charge on any atom is -0.480 e. The highest BCUT2D eigenvalue weighted by Gasteiger charge is 2.48. The van der Waals surface area contributed by atoms with Crippen LogP contribution in [0.2, 0.25) is 0 Å². The molecule has 134 valence electrons. The third kappa shape index (κ3) is 2.54. The first-order chi connectivity index (χ1) is 12.2. The van der Waals surface area contributed by atoms with Gasteiger partial charge in [-0.1, -0.05) is 0 Å². The van der Waals surface area contributed by atoms with Crippen molar-refractivity contribution >= 4 is 23.0 Å². The predicted molar refractivity (Wildman–Crippen MR) is 90.6 cm³/mol. The van der Waals surface area contributed by atoms with Crippen LogP contribution in [0.3, 0.4) is 0 Å². The topological polar surface area (TPSA) is 96.6 Å². The molecule has 0 aromatic carbocycles. The number of carboxylic acid groups (broad SMARTS) is 1. The Balaban J connectivity index is 1.55. The van der Waals surface area contributed by atoms with Crippen LogP contribution in [-0.2, 0) is 16.1 Å². The summed E-state index contributed by atoms with van der Waals surface area (Å²) >= 11 is 0. The number of fused-ring (bicyclic) bond motifs is 1. The van der Waals surface area contributed by atoms with Crippen molar-refractivity contribution in [1.29, 1.82) is 0 Å². The Morgan fingerprint density at radius 2 is 2.08 bits per heavy atom. The van der Waals surface area contributed by atoms with Gasteiger partial charge < -0.3 is 19.3 Å². The van der Waals surface area contributed by atoms with Gasteiger partial charge in [-0.3, -0.25) is 9.69 Å². The second-order valence-corrected chi connectivity index (χ2v) is 6.51. The summed E-state index contributed by atoms with van der Waals surface area (Å²) in [5.41, 5.74) is 0.757. The number of hydrogen-bond donors (Lipinski definition) is 1. The van der Waals surface area contributed by atoms with Crippen LogP contribution in [0.15, 0.2) is 12.7 Å². The Morgan fingerprint density at radius 1 is 1.28 bits per heavy atom. The van der Waals surface area contributed by atoms with Crippen LogP contribution in [0, 0.1) is 0 Å². The van der Waals surface area contributed by atoms with Crippen molar-refractivity contribution in [2.45, 2.75) is 25.4 Å². The van der Waals surface area contributed by atoms with Crippen molar-refractivity contribution in [3.63, 3.8) is 0 Å². The first-order valence-electron chi connectivity index (χ1n) is 8.62. The minimum atomic E-state index is -0.878. The first-order valence-corrected chi connectivity index (χ1v) is 8.62. The van der Waals surface area contributed by atoms with E-state index in [9.17, 15) is 9.90 Å². The Kier molecular flexibility index (Phi) is 4.04. The van der Waals surface area contributed by atoms with E-state index in [0.717, 1.165) is 23.5 Å². The maximum atomic E-state index is 11.8. The standard InChI is InChI=1S/C16H22N6O3/c1-2-20-11-19-12-13(20)17-10-18-14(12)21-4-6-22(7-5-21)16(15(23)24)3-8-25-9-16/h10-11H,2-9H2,1H3,(H,23,24). The van der Waals surface area contributed by atoms with Gasteiger partial charge in [0.1, 0.15) is 11.9 Å². The summed E-state index contributed by atoms with van der Waals surface area (Å²) in [6.45, 7) is 6.37. The molecule has 9 nitrogen and oxygen atoms in total. The second-order valence-electron chi connectivity index (χ2n) is 6.51. The van der Waals surface area contributed by atoms with E-state index in [-0.39, 0.29) is 6.61 Å². The molecular weight excluding hydrogens is 324 g/mol.